The molecule has 106 valence electrons. The van der Waals surface area contributed by atoms with Crippen molar-refractivity contribution in [1.29, 1.82) is 0 Å². The van der Waals surface area contributed by atoms with Gasteiger partial charge in [0.2, 0.25) is 10.0 Å². The molecule has 7 heteroatoms. The van der Waals surface area contributed by atoms with E-state index in [1.807, 2.05) is 0 Å². The molecule has 1 aliphatic rings. The number of anilines is 1. The Hall–Kier alpha value is -1.31. The van der Waals surface area contributed by atoms with E-state index < -0.39 is 10.0 Å². The van der Waals surface area contributed by atoms with Crippen LogP contribution in [0.1, 0.15) is 6.42 Å². The van der Waals surface area contributed by atoms with Crippen molar-refractivity contribution in [3.05, 3.63) is 18.2 Å². The van der Waals surface area contributed by atoms with E-state index in [0.29, 0.717) is 31.2 Å². The number of methoxy groups -OCH3 is 1. The fraction of sp³-hybridized carbons (Fsp3) is 0.500. The molecule has 19 heavy (non-hydrogen) atoms. The molecule has 1 saturated heterocycles. The normalized spacial score (nSPS) is 19.5. The standard InChI is InChI=1S/C12H18N2O4S/c1-17-12-6-10(2-3-11(12)13)19(15,16)14-7-9-4-5-18-8-9/h2-3,6,9,14H,4-5,7-8,13H2,1H3. The smallest absolute Gasteiger partial charge is 0.240 e. The molecule has 0 aromatic heterocycles. The van der Waals surface area contributed by atoms with Gasteiger partial charge in [0, 0.05) is 19.2 Å². The molecule has 0 amide bonds. The van der Waals surface area contributed by atoms with Crippen molar-refractivity contribution in [3.8, 4) is 5.75 Å². The number of benzene rings is 1. The van der Waals surface area contributed by atoms with E-state index in [1.54, 1.807) is 0 Å². The average Bonchev–Trinajstić information content (AvgIpc) is 2.90. The van der Waals surface area contributed by atoms with Crippen molar-refractivity contribution in [2.75, 3.05) is 32.6 Å². The van der Waals surface area contributed by atoms with Crippen LogP contribution in [0.3, 0.4) is 0 Å². The van der Waals surface area contributed by atoms with Gasteiger partial charge in [0.25, 0.3) is 0 Å². The number of sulfonamides is 1. The maximum Gasteiger partial charge on any atom is 0.240 e. The highest BCUT2D eigenvalue weighted by molar-refractivity contribution is 7.89. The van der Waals surface area contributed by atoms with Gasteiger partial charge in [-0.2, -0.15) is 0 Å². The summed E-state index contributed by atoms with van der Waals surface area (Å²) in [5, 5.41) is 0. The molecule has 1 aromatic carbocycles. The molecule has 6 nitrogen and oxygen atoms in total. The summed E-state index contributed by atoms with van der Waals surface area (Å²) in [6.07, 6.45) is 0.883. The van der Waals surface area contributed by atoms with Gasteiger partial charge in [-0.1, -0.05) is 0 Å². The Morgan fingerprint density at radius 1 is 1.53 bits per heavy atom. The fourth-order valence-electron chi connectivity index (χ4n) is 1.91. The molecular formula is C12H18N2O4S. The third-order valence-corrected chi connectivity index (χ3v) is 4.52. The third kappa shape index (κ3) is 3.37. The number of ether oxygens (including phenoxy) is 2. The number of hydrogen-bond donors (Lipinski definition) is 2. The third-order valence-electron chi connectivity index (χ3n) is 3.10. The van der Waals surface area contributed by atoms with Crippen LogP contribution in [-0.2, 0) is 14.8 Å². The summed E-state index contributed by atoms with van der Waals surface area (Å²) in [6.45, 7) is 1.69. The van der Waals surface area contributed by atoms with E-state index in [1.165, 1.54) is 25.3 Å². The predicted octanol–water partition coefficient (Wildman–Crippen LogP) is 0.592. The molecule has 3 N–H and O–H groups in total. The summed E-state index contributed by atoms with van der Waals surface area (Å²) in [5.41, 5.74) is 6.07. The van der Waals surface area contributed by atoms with Gasteiger partial charge in [0.1, 0.15) is 5.75 Å². The molecule has 1 aromatic rings. The van der Waals surface area contributed by atoms with Gasteiger partial charge in [-0.05, 0) is 24.5 Å². The molecule has 0 bridgehead atoms. The lowest BCUT2D eigenvalue weighted by Crippen LogP contribution is -2.29. The quantitative estimate of drug-likeness (QED) is 0.773. The second-order valence-electron chi connectivity index (χ2n) is 4.49. The second-order valence-corrected chi connectivity index (χ2v) is 6.25. The summed E-state index contributed by atoms with van der Waals surface area (Å²) in [4.78, 5) is 0.150. The monoisotopic (exact) mass is 286 g/mol. The molecule has 1 unspecified atom stereocenters. The van der Waals surface area contributed by atoms with E-state index in [9.17, 15) is 8.42 Å². The van der Waals surface area contributed by atoms with Crippen molar-refractivity contribution in [1.82, 2.24) is 4.72 Å². The van der Waals surface area contributed by atoms with Crippen LogP contribution >= 0.6 is 0 Å². The molecule has 1 heterocycles. The van der Waals surface area contributed by atoms with Crippen LogP contribution in [0, 0.1) is 5.92 Å². The molecule has 0 radical (unpaired) electrons. The minimum Gasteiger partial charge on any atom is -0.495 e. The summed E-state index contributed by atoms with van der Waals surface area (Å²) in [6, 6.07) is 4.40. The number of rotatable bonds is 5. The maximum absolute atomic E-state index is 12.1. The Balaban J connectivity index is 2.10. The summed E-state index contributed by atoms with van der Waals surface area (Å²) >= 11 is 0. The van der Waals surface area contributed by atoms with E-state index in [0.717, 1.165) is 6.42 Å². The lowest BCUT2D eigenvalue weighted by atomic mass is 10.1. The van der Waals surface area contributed by atoms with Crippen LogP contribution < -0.4 is 15.2 Å². The molecule has 1 atom stereocenters. The molecule has 1 fully saturated rings. The minimum atomic E-state index is -3.54. The zero-order valence-corrected chi connectivity index (χ0v) is 11.6. The second kappa shape index (κ2) is 5.77. The highest BCUT2D eigenvalue weighted by Gasteiger charge is 2.20. The summed E-state index contributed by atoms with van der Waals surface area (Å²) < 4.78 is 37.1. The predicted molar refractivity (Wildman–Crippen MR) is 71.5 cm³/mol. The van der Waals surface area contributed by atoms with Gasteiger partial charge in [-0.25, -0.2) is 13.1 Å². The molecule has 0 aliphatic carbocycles. The highest BCUT2D eigenvalue weighted by atomic mass is 32.2. The van der Waals surface area contributed by atoms with Gasteiger partial charge in [-0.15, -0.1) is 0 Å². The number of nitrogen functional groups attached to an aromatic ring is 1. The number of nitrogens with two attached hydrogens (primary N) is 1. The van der Waals surface area contributed by atoms with Crippen LogP contribution in [0.5, 0.6) is 5.75 Å². The first kappa shape index (κ1) is 14.1. The van der Waals surface area contributed by atoms with Crippen molar-refractivity contribution in [3.63, 3.8) is 0 Å². The molecule has 1 aliphatic heterocycles. The molecule has 2 rings (SSSR count). The average molecular weight is 286 g/mol. The minimum absolute atomic E-state index is 0.150. The lowest BCUT2D eigenvalue weighted by Gasteiger charge is -2.12. The first-order valence-electron chi connectivity index (χ1n) is 6.04. The summed E-state index contributed by atoms with van der Waals surface area (Å²) in [5.74, 6) is 0.595. The molecule has 0 saturated carbocycles. The van der Waals surface area contributed by atoms with Crippen molar-refractivity contribution >= 4 is 15.7 Å². The Labute approximate surface area is 112 Å². The van der Waals surface area contributed by atoms with Crippen LogP contribution in [0.25, 0.3) is 0 Å². The van der Waals surface area contributed by atoms with Crippen LogP contribution in [0.2, 0.25) is 0 Å². The molecular weight excluding hydrogens is 268 g/mol. The lowest BCUT2D eigenvalue weighted by molar-refractivity contribution is 0.186. The van der Waals surface area contributed by atoms with Crippen LogP contribution in [-0.4, -0.2) is 35.3 Å². The Morgan fingerprint density at radius 2 is 2.32 bits per heavy atom. The van der Waals surface area contributed by atoms with E-state index in [-0.39, 0.29) is 10.8 Å². The SMILES string of the molecule is COc1cc(S(=O)(=O)NCC2CCOC2)ccc1N. The summed E-state index contributed by atoms with van der Waals surface area (Å²) in [7, 11) is -2.09. The Bertz CT molecular complexity index is 539. The fourth-order valence-corrected chi connectivity index (χ4v) is 3.05. The van der Waals surface area contributed by atoms with Crippen molar-refractivity contribution in [2.24, 2.45) is 5.92 Å². The molecule has 0 spiro atoms. The van der Waals surface area contributed by atoms with Gasteiger partial charge in [0.15, 0.2) is 0 Å². The first-order chi connectivity index (χ1) is 9.03. The van der Waals surface area contributed by atoms with Gasteiger partial charge in [0.05, 0.1) is 24.3 Å². The Morgan fingerprint density at radius 3 is 2.95 bits per heavy atom. The zero-order chi connectivity index (χ0) is 13.9. The number of hydrogen-bond acceptors (Lipinski definition) is 5. The topological polar surface area (TPSA) is 90.7 Å². The van der Waals surface area contributed by atoms with E-state index in [4.69, 9.17) is 15.2 Å². The Kier molecular flexibility index (Phi) is 4.28. The van der Waals surface area contributed by atoms with Crippen LogP contribution in [0.15, 0.2) is 23.1 Å². The largest absolute Gasteiger partial charge is 0.495 e. The van der Waals surface area contributed by atoms with Crippen molar-refractivity contribution < 1.29 is 17.9 Å². The van der Waals surface area contributed by atoms with E-state index in [2.05, 4.69) is 4.72 Å². The maximum atomic E-state index is 12.1. The first-order valence-corrected chi connectivity index (χ1v) is 7.52. The zero-order valence-electron chi connectivity index (χ0n) is 10.8. The van der Waals surface area contributed by atoms with Crippen LogP contribution in [0.4, 0.5) is 5.69 Å². The highest BCUT2D eigenvalue weighted by Crippen LogP contribution is 2.24. The van der Waals surface area contributed by atoms with Gasteiger partial charge in [-0.3, -0.25) is 0 Å². The number of nitrogens with one attached hydrogen (secondary N) is 1. The van der Waals surface area contributed by atoms with Crippen molar-refractivity contribution in [2.45, 2.75) is 11.3 Å². The van der Waals surface area contributed by atoms with Gasteiger partial charge >= 0.3 is 0 Å². The van der Waals surface area contributed by atoms with E-state index >= 15 is 0 Å². The van der Waals surface area contributed by atoms with Gasteiger partial charge < -0.3 is 15.2 Å².